The van der Waals surface area contributed by atoms with Crippen LogP contribution in [0.15, 0.2) is 29.8 Å². The fraction of sp³-hybridized carbons (Fsp3) is 0.400. The van der Waals surface area contributed by atoms with Gasteiger partial charge in [0.25, 0.3) is 0 Å². The van der Waals surface area contributed by atoms with E-state index in [9.17, 15) is 14.5 Å². The normalized spacial score (nSPS) is 19.2. The van der Waals surface area contributed by atoms with Crippen LogP contribution in [0.25, 0.3) is 0 Å². The molecule has 0 amide bonds. The minimum atomic E-state index is -0.773. The number of thiazole rings is 1. The van der Waals surface area contributed by atoms with Crippen molar-refractivity contribution in [2.75, 3.05) is 6.54 Å². The highest BCUT2D eigenvalue weighted by molar-refractivity contribution is 7.09. The first kappa shape index (κ1) is 15.1. The van der Waals surface area contributed by atoms with E-state index in [1.807, 2.05) is 5.38 Å². The van der Waals surface area contributed by atoms with Gasteiger partial charge in [0.1, 0.15) is 5.01 Å². The van der Waals surface area contributed by atoms with Gasteiger partial charge < -0.3 is 0 Å². The summed E-state index contributed by atoms with van der Waals surface area (Å²) in [6.45, 7) is 1.52. The van der Waals surface area contributed by atoms with Crippen LogP contribution >= 0.6 is 11.3 Å². The molecule has 1 fully saturated rings. The predicted molar refractivity (Wildman–Crippen MR) is 82.2 cm³/mol. The van der Waals surface area contributed by atoms with Gasteiger partial charge in [-0.05, 0) is 31.0 Å². The van der Waals surface area contributed by atoms with Crippen molar-refractivity contribution in [3.63, 3.8) is 0 Å². The van der Waals surface area contributed by atoms with Crippen LogP contribution in [0.4, 0.5) is 10.1 Å². The van der Waals surface area contributed by atoms with Crippen molar-refractivity contribution in [2.45, 2.75) is 31.8 Å². The van der Waals surface area contributed by atoms with Gasteiger partial charge in [0.05, 0.1) is 11.0 Å². The van der Waals surface area contributed by atoms with Crippen molar-refractivity contribution >= 4 is 17.0 Å². The Balaban J connectivity index is 1.78. The smallest absolute Gasteiger partial charge is 0.290 e. The van der Waals surface area contributed by atoms with Crippen LogP contribution in [0.5, 0.6) is 0 Å². The number of nitrogens with zero attached hydrogens (tertiary/aromatic N) is 3. The summed E-state index contributed by atoms with van der Waals surface area (Å²) >= 11 is 1.64. The summed E-state index contributed by atoms with van der Waals surface area (Å²) in [6, 6.07) is 4.40. The number of hydrogen-bond acceptors (Lipinski definition) is 5. The molecule has 22 heavy (non-hydrogen) atoms. The summed E-state index contributed by atoms with van der Waals surface area (Å²) in [5.41, 5.74) is 0.283. The molecule has 1 aliphatic rings. The largest absolute Gasteiger partial charge is 0.304 e. The number of piperidine rings is 1. The van der Waals surface area contributed by atoms with Crippen LogP contribution in [0.1, 0.15) is 35.9 Å². The summed E-state index contributed by atoms with van der Waals surface area (Å²) in [5, 5.41) is 13.7. The number of nitro benzene ring substituents is 1. The third-order valence-electron chi connectivity index (χ3n) is 3.94. The zero-order valence-corrected chi connectivity index (χ0v) is 12.8. The Labute approximate surface area is 131 Å². The van der Waals surface area contributed by atoms with Crippen molar-refractivity contribution < 1.29 is 9.31 Å². The highest BCUT2D eigenvalue weighted by Gasteiger charge is 2.26. The van der Waals surface area contributed by atoms with Gasteiger partial charge in [0.2, 0.25) is 5.82 Å². The summed E-state index contributed by atoms with van der Waals surface area (Å²) in [7, 11) is 0. The Morgan fingerprint density at radius 1 is 1.45 bits per heavy atom. The van der Waals surface area contributed by atoms with Gasteiger partial charge in [-0.25, -0.2) is 4.98 Å². The predicted octanol–water partition coefficient (Wildman–Crippen LogP) is 3.92. The van der Waals surface area contributed by atoms with E-state index in [2.05, 4.69) is 9.88 Å². The van der Waals surface area contributed by atoms with Gasteiger partial charge in [-0.15, -0.1) is 11.3 Å². The molecule has 1 atom stereocenters. The lowest BCUT2D eigenvalue weighted by Gasteiger charge is -2.34. The number of aromatic nitrogens is 1. The third-order valence-corrected chi connectivity index (χ3v) is 4.82. The van der Waals surface area contributed by atoms with Gasteiger partial charge in [-0.2, -0.15) is 4.39 Å². The SMILES string of the molecule is O=[N+]([O-])c1ccc(CN2CCCCC2c2nccs2)cc1F. The second-order valence-electron chi connectivity index (χ2n) is 5.40. The molecule has 0 N–H and O–H groups in total. The lowest BCUT2D eigenvalue weighted by molar-refractivity contribution is -0.387. The van der Waals surface area contributed by atoms with Crippen LogP contribution in [0.3, 0.4) is 0 Å². The molecule has 0 aliphatic carbocycles. The summed E-state index contributed by atoms with van der Waals surface area (Å²) in [4.78, 5) is 16.7. The molecule has 1 unspecified atom stereocenters. The highest BCUT2D eigenvalue weighted by atomic mass is 32.1. The Kier molecular flexibility index (Phi) is 4.44. The first-order valence-corrected chi connectivity index (χ1v) is 8.09. The fourth-order valence-electron chi connectivity index (χ4n) is 2.89. The van der Waals surface area contributed by atoms with Crippen LogP contribution in [0.2, 0.25) is 0 Å². The van der Waals surface area contributed by atoms with Crippen LogP contribution in [0, 0.1) is 15.9 Å². The topological polar surface area (TPSA) is 59.3 Å². The van der Waals surface area contributed by atoms with E-state index in [0.29, 0.717) is 6.54 Å². The first-order chi connectivity index (χ1) is 10.6. The van der Waals surface area contributed by atoms with Crippen LogP contribution in [-0.4, -0.2) is 21.4 Å². The number of nitro groups is 1. The Morgan fingerprint density at radius 3 is 3.00 bits per heavy atom. The monoisotopic (exact) mass is 321 g/mol. The van der Waals surface area contributed by atoms with Crippen molar-refractivity contribution in [2.24, 2.45) is 0 Å². The molecule has 1 aromatic carbocycles. The van der Waals surface area contributed by atoms with E-state index in [-0.39, 0.29) is 6.04 Å². The van der Waals surface area contributed by atoms with Gasteiger partial charge in [-0.1, -0.05) is 12.5 Å². The molecule has 116 valence electrons. The quantitative estimate of drug-likeness (QED) is 0.632. The third kappa shape index (κ3) is 3.15. The molecule has 7 heteroatoms. The molecule has 2 heterocycles. The van der Waals surface area contributed by atoms with E-state index in [4.69, 9.17) is 0 Å². The Hall–Kier alpha value is -1.86. The number of likely N-dealkylation sites (tertiary alicyclic amines) is 1. The first-order valence-electron chi connectivity index (χ1n) is 7.21. The molecular weight excluding hydrogens is 305 g/mol. The molecule has 0 spiro atoms. The fourth-order valence-corrected chi connectivity index (χ4v) is 3.70. The maximum absolute atomic E-state index is 13.8. The van der Waals surface area contributed by atoms with E-state index < -0.39 is 16.4 Å². The molecule has 0 saturated carbocycles. The van der Waals surface area contributed by atoms with Crippen molar-refractivity contribution in [3.05, 3.63) is 56.3 Å². The molecule has 0 bridgehead atoms. The standard InChI is InChI=1S/C15H16FN3O2S/c16-12-9-11(4-5-13(12)19(20)21)10-18-7-2-1-3-14(18)15-17-6-8-22-15/h4-6,8-9,14H,1-3,7,10H2. The molecular formula is C15H16FN3O2S. The van der Waals surface area contributed by atoms with Gasteiger partial charge in [0.15, 0.2) is 0 Å². The molecule has 1 aromatic heterocycles. The molecule has 1 saturated heterocycles. The molecule has 1 aliphatic heterocycles. The molecule has 3 rings (SSSR count). The minimum absolute atomic E-state index is 0.256. The van der Waals surface area contributed by atoms with Crippen LogP contribution in [-0.2, 0) is 6.54 Å². The number of benzene rings is 1. The van der Waals surface area contributed by atoms with Crippen molar-refractivity contribution in [1.29, 1.82) is 0 Å². The van der Waals surface area contributed by atoms with Gasteiger partial charge in [0, 0.05) is 24.2 Å². The lowest BCUT2D eigenvalue weighted by Crippen LogP contribution is -2.32. The Morgan fingerprint density at radius 2 is 2.32 bits per heavy atom. The number of rotatable bonds is 4. The summed E-state index contributed by atoms with van der Waals surface area (Å²) in [5.74, 6) is -0.773. The average Bonchev–Trinajstić information content (AvgIpc) is 3.01. The van der Waals surface area contributed by atoms with Crippen LogP contribution < -0.4 is 0 Å². The van der Waals surface area contributed by atoms with Crippen molar-refractivity contribution in [3.8, 4) is 0 Å². The summed E-state index contributed by atoms with van der Waals surface area (Å²) < 4.78 is 13.8. The Bertz CT molecular complexity index is 663. The minimum Gasteiger partial charge on any atom is -0.290 e. The van der Waals surface area contributed by atoms with Crippen molar-refractivity contribution in [1.82, 2.24) is 9.88 Å². The number of hydrogen-bond donors (Lipinski definition) is 0. The highest BCUT2D eigenvalue weighted by Crippen LogP contribution is 2.33. The van der Waals surface area contributed by atoms with Gasteiger partial charge >= 0.3 is 5.69 Å². The molecule has 0 radical (unpaired) electrons. The number of halogens is 1. The van der Waals surface area contributed by atoms with Gasteiger partial charge in [-0.3, -0.25) is 15.0 Å². The second-order valence-corrected chi connectivity index (χ2v) is 6.32. The molecule has 2 aromatic rings. The summed E-state index contributed by atoms with van der Waals surface area (Å²) in [6.07, 6.45) is 5.12. The zero-order valence-electron chi connectivity index (χ0n) is 11.9. The van der Waals surface area contributed by atoms with E-state index in [0.717, 1.165) is 36.4 Å². The van der Waals surface area contributed by atoms with E-state index in [1.165, 1.54) is 12.1 Å². The maximum atomic E-state index is 13.8. The zero-order chi connectivity index (χ0) is 15.5. The molecule has 5 nitrogen and oxygen atoms in total. The lowest BCUT2D eigenvalue weighted by atomic mass is 10.0. The van der Waals surface area contributed by atoms with E-state index in [1.54, 1.807) is 23.6 Å². The maximum Gasteiger partial charge on any atom is 0.304 e. The second kappa shape index (κ2) is 6.50. The van der Waals surface area contributed by atoms with E-state index >= 15 is 0 Å². The average molecular weight is 321 g/mol.